The Labute approximate surface area is 212 Å². The summed E-state index contributed by atoms with van der Waals surface area (Å²) in [5, 5.41) is 0. The van der Waals surface area contributed by atoms with E-state index in [9.17, 15) is 8.42 Å². The Hall–Kier alpha value is -3.20. The Balaban J connectivity index is 1.98. The SMILES string of the molecule is O=S(=O)(O)CCCOc1cc(C#Cc2ccccc2)c(COCCS)cc1C#Cc1ccccc1. The molecule has 0 aliphatic heterocycles. The van der Waals surface area contributed by atoms with Gasteiger partial charge in [0.15, 0.2) is 0 Å². The van der Waals surface area contributed by atoms with Crippen LogP contribution >= 0.6 is 12.6 Å². The van der Waals surface area contributed by atoms with Gasteiger partial charge in [0.2, 0.25) is 0 Å². The molecule has 3 aromatic rings. The van der Waals surface area contributed by atoms with Crippen molar-refractivity contribution in [1.82, 2.24) is 0 Å². The molecule has 0 heterocycles. The van der Waals surface area contributed by atoms with Crippen molar-refractivity contribution < 1.29 is 22.4 Å². The highest BCUT2D eigenvalue weighted by Gasteiger charge is 2.11. The van der Waals surface area contributed by atoms with E-state index in [0.29, 0.717) is 30.3 Å². The van der Waals surface area contributed by atoms with Crippen LogP contribution in [0.3, 0.4) is 0 Å². The van der Waals surface area contributed by atoms with Gasteiger partial charge in [-0.15, -0.1) is 0 Å². The Morgan fingerprint density at radius 1 is 0.800 bits per heavy atom. The second-order valence-electron chi connectivity index (χ2n) is 7.50. The van der Waals surface area contributed by atoms with Gasteiger partial charge < -0.3 is 9.47 Å². The van der Waals surface area contributed by atoms with Gasteiger partial charge in [-0.3, -0.25) is 4.55 Å². The lowest BCUT2D eigenvalue weighted by atomic mass is 10.0. The minimum absolute atomic E-state index is 0.0981. The van der Waals surface area contributed by atoms with Gasteiger partial charge in [0.05, 0.1) is 31.1 Å². The van der Waals surface area contributed by atoms with Crippen LogP contribution in [0.5, 0.6) is 5.75 Å². The van der Waals surface area contributed by atoms with Gasteiger partial charge in [-0.1, -0.05) is 60.1 Å². The molecule has 0 atom stereocenters. The topological polar surface area (TPSA) is 72.8 Å². The summed E-state index contributed by atoms with van der Waals surface area (Å²) in [6.45, 7) is 0.927. The van der Waals surface area contributed by atoms with Crippen molar-refractivity contribution in [2.45, 2.75) is 13.0 Å². The van der Waals surface area contributed by atoms with Crippen molar-refractivity contribution in [3.63, 3.8) is 0 Å². The first-order chi connectivity index (χ1) is 16.9. The minimum atomic E-state index is -4.05. The van der Waals surface area contributed by atoms with E-state index in [0.717, 1.165) is 22.3 Å². The molecule has 0 saturated carbocycles. The summed E-state index contributed by atoms with van der Waals surface area (Å²) >= 11 is 4.20. The van der Waals surface area contributed by atoms with E-state index >= 15 is 0 Å². The van der Waals surface area contributed by atoms with E-state index in [1.807, 2.05) is 66.7 Å². The fourth-order valence-electron chi connectivity index (χ4n) is 3.07. The van der Waals surface area contributed by atoms with Crippen LogP contribution in [-0.4, -0.2) is 37.7 Å². The molecular weight excluding hydrogens is 480 g/mol. The van der Waals surface area contributed by atoms with Crippen molar-refractivity contribution in [3.8, 4) is 29.4 Å². The van der Waals surface area contributed by atoms with E-state index in [-0.39, 0.29) is 18.8 Å². The van der Waals surface area contributed by atoms with Gasteiger partial charge in [-0.25, -0.2) is 0 Å². The van der Waals surface area contributed by atoms with Gasteiger partial charge in [-0.05, 0) is 48.4 Å². The highest BCUT2D eigenvalue weighted by molar-refractivity contribution is 7.85. The summed E-state index contributed by atoms with van der Waals surface area (Å²) in [4.78, 5) is 0. The zero-order valence-corrected chi connectivity index (χ0v) is 20.8. The molecular formula is C28H26O5S2. The molecule has 0 radical (unpaired) electrons. The maximum atomic E-state index is 11.1. The van der Waals surface area contributed by atoms with Crippen molar-refractivity contribution in [3.05, 3.63) is 101 Å². The molecule has 180 valence electrons. The Kier molecular flexibility index (Phi) is 10.3. The lowest BCUT2D eigenvalue weighted by Crippen LogP contribution is -2.09. The molecule has 0 fully saturated rings. The summed E-state index contributed by atoms with van der Waals surface area (Å²) in [6.07, 6.45) is 0.141. The second kappa shape index (κ2) is 13.6. The number of thiol groups is 1. The fourth-order valence-corrected chi connectivity index (χ4v) is 3.68. The third-order valence-electron chi connectivity index (χ3n) is 4.73. The van der Waals surface area contributed by atoms with Crippen LogP contribution in [0, 0.1) is 23.7 Å². The first-order valence-electron chi connectivity index (χ1n) is 11.0. The van der Waals surface area contributed by atoms with E-state index in [1.54, 1.807) is 6.07 Å². The van der Waals surface area contributed by atoms with Crippen LogP contribution in [0.25, 0.3) is 0 Å². The third-order valence-corrected chi connectivity index (χ3v) is 5.72. The average Bonchev–Trinajstić information content (AvgIpc) is 2.86. The summed E-state index contributed by atoms with van der Waals surface area (Å²) < 4.78 is 42.7. The van der Waals surface area contributed by atoms with Gasteiger partial charge in [0.1, 0.15) is 5.75 Å². The normalized spacial score (nSPS) is 10.6. The van der Waals surface area contributed by atoms with Crippen LogP contribution in [0.4, 0.5) is 0 Å². The number of hydrogen-bond acceptors (Lipinski definition) is 5. The fraction of sp³-hybridized carbons (Fsp3) is 0.214. The molecule has 0 aromatic heterocycles. The molecule has 0 unspecified atom stereocenters. The summed E-state index contributed by atoms with van der Waals surface area (Å²) in [6, 6.07) is 22.9. The number of rotatable bonds is 9. The first kappa shape index (κ1) is 26.4. The van der Waals surface area contributed by atoms with Gasteiger partial charge in [0.25, 0.3) is 10.1 Å². The molecule has 1 N–H and O–H groups in total. The standard InChI is InChI=1S/C28H26O5S2/c29-35(30,31)19-7-16-33-28-21-25(14-12-23-8-3-1-4-9-23)27(22-32-17-18-34)20-26(28)15-13-24-10-5-2-6-11-24/h1-6,8-11,20-21,34H,7,16-19,22H2,(H,29,30,31). The average molecular weight is 507 g/mol. The Morgan fingerprint density at radius 2 is 1.40 bits per heavy atom. The number of hydrogen-bond donors (Lipinski definition) is 2. The predicted octanol–water partition coefficient (Wildman–Crippen LogP) is 4.59. The molecule has 0 saturated heterocycles. The molecule has 5 nitrogen and oxygen atoms in total. The van der Waals surface area contributed by atoms with Crippen LogP contribution in [0.1, 0.15) is 34.2 Å². The zero-order valence-electron chi connectivity index (χ0n) is 19.1. The van der Waals surface area contributed by atoms with Crippen molar-refractivity contribution in [2.75, 3.05) is 24.7 Å². The smallest absolute Gasteiger partial charge is 0.264 e. The van der Waals surface area contributed by atoms with Crippen LogP contribution in [0.15, 0.2) is 72.8 Å². The predicted molar refractivity (Wildman–Crippen MR) is 141 cm³/mol. The molecule has 3 rings (SSSR count). The van der Waals surface area contributed by atoms with E-state index in [1.165, 1.54) is 0 Å². The molecule has 3 aromatic carbocycles. The van der Waals surface area contributed by atoms with E-state index < -0.39 is 10.1 Å². The van der Waals surface area contributed by atoms with Crippen molar-refractivity contribution in [2.24, 2.45) is 0 Å². The molecule has 0 aliphatic rings. The van der Waals surface area contributed by atoms with E-state index in [2.05, 4.69) is 36.3 Å². The number of benzene rings is 3. The van der Waals surface area contributed by atoms with Crippen LogP contribution in [0.2, 0.25) is 0 Å². The van der Waals surface area contributed by atoms with Gasteiger partial charge >= 0.3 is 0 Å². The monoisotopic (exact) mass is 506 g/mol. The van der Waals surface area contributed by atoms with Crippen molar-refractivity contribution >= 4 is 22.7 Å². The highest BCUT2D eigenvalue weighted by Crippen LogP contribution is 2.25. The maximum absolute atomic E-state index is 11.1. The molecule has 0 spiro atoms. The largest absolute Gasteiger partial charge is 0.492 e. The zero-order chi connectivity index (χ0) is 24.9. The lowest BCUT2D eigenvalue weighted by Gasteiger charge is -2.13. The van der Waals surface area contributed by atoms with Crippen LogP contribution < -0.4 is 4.74 Å². The first-order valence-corrected chi connectivity index (χ1v) is 13.3. The Morgan fingerprint density at radius 3 is 1.97 bits per heavy atom. The third kappa shape index (κ3) is 9.52. The minimum Gasteiger partial charge on any atom is -0.492 e. The van der Waals surface area contributed by atoms with Gasteiger partial charge in [0, 0.05) is 22.4 Å². The van der Waals surface area contributed by atoms with Crippen molar-refractivity contribution in [1.29, 1.82) is 0 Å². The molecule has 0 aliphatic carbocycles. The molecule has 0 amide bonds. The summed E-state index contributed by atoms with van der Waals surface area (Å²) in [5.41, 5.74) is 3.94. The Bertz CT molecular complexity index is 1330. The summed E-state index contributed by atoms with van der Waals surface area (Å²) in [7, 11) is -4.05. The highest BCUT2D eigenvalue weighted by atomic mass is 32.2. The lowest BCUT2D eigenvalue weighted by molar-refractivity contribution is 0.136. The summed E-state index contributed by atoms with van der Waals surface area (Å²) in [5.74, 6) is 13.4. The second-order valence-corrected chi connectivity index (χ2v) is 9.52. The quantitative estimate of drug-likeness (QED) is 0.192. The molecule has 35 heavy (non-hydrogen) atoms. The maximum Gasteiger partial charge on any atom is 0.264 e. The molecule has 0 bridgehead atoms. The van der Waals surface area contributed by atoms with E-state index in [4.69, 9.17) is 14.0 Å². The van der Waals surface area contributed by atoms with Gasteiger partial charge in [-0.2, -0.15) is 21.0 Å². The molecule has 7 heteroatoms. The van der Waals surface area contributed by atoms with Crippen LogP contribution in [-0.2, 0) is 21.5 Å². The number of ether oxygens (including phenoxy) is 2.